The van der Waals surface area contributed by atoms with Gasteiger partial charge in [-0.15, -0.1) is 0 Å². The van der Waals surface area contributed by atoms with E-state index in [1.165, 1.54) is 0 Å². The molecule has 0 spiro atoms. The quantitative estimate of drug-likeness (QED) is 0.694. The lowest BCUT2D eigenvalue weighted by atomic mass is 10.2. The van der Waals surface area contributed by atoms with E-state index in [-0.39, 0.29) is 0 Å². The van der Waals surface area contributed by atoms with Gasteiger partial charge in [0.2, 0.25) is 0 Å². The van der Waals surface area contributed by atoms with Crippen LogP contribution in [-0.2, 0) is 17.6 Å². The number of hydrogen-bond acceptors (Lipinski definition) is 4. The Morgan fingerprint density at radius 1 is 1.60 bits per heavy atom. The average molecular weight is 212 g/mol. The molecule has 1 aromatic rings. The minimum Gasteiger partial charge on any atom is -0.446 e. The lowest BCUT2D eigenvalue weighted by Gasteiger charge is -2.05. The molecule has 0 aliphatic rings. The first-order valence-corrected chi connectivity index (χ1v) is 5.36. The second-order valence-electron chi connectivity index (χ2n) is 3.71. The van der Waals surface area contributed by atoms with Gasteiger partial charge in [0.25, 0.3) is 0 Å². The molecule has 86 valence electrons. The van der Waals surface area contributed by atoms with Gasteiger partial charge in [0.1, 0.15) is 5.76 Å². The third kappa shape index (κ3) is 4.44. The molecule has 1 atom stereocenters. The van der Waals surface area contributed by atoms with Crippen molar-refractivity contribution < 1.29 is 9.15 Å². The minimum absolute atomic E-state index is 0.421. The van der Waals surface area contributed by atoms with Crippen LogP contribution in [-0.4, -0.2) is 31.8 Å². The van der Waals surface area contributed by atoms with E-state index in [0.29, 0.717) is 6.04 Å². The van der Waals surface area contributed by atoms with Crippen molar-refractivity contribution in [3.63, 3.8) is 0 Å². The summed E-state index contributed by atoms with van der Waals surface area (Å²) in [5, 5.41) is 3.17. The van der Waals surface area contributed by atoms with Gasteiger partial charge >= 0.3 is 0 Å². The van der Waals surface area contributed by atoms with Crippen LogP contribution in [0.3, 0.4) is 0 Å². The molecule has 0 aromatic carbocycles. The zero-order valence-corrected chi connectivity index (χ0v) is 9.75. The largest absolute Gasteiger partial charge is 0.446 e. The van der Waals surface area contributed by atoms with Crippen molar-refractivity contribution in [1.82, 2.24) is 10.3 Å². The fourth-order valence-electron chi connectivity index (χ4n) is 1.33. The number of nitrogens with one attached hydrogen (secondary N) is 1. The van der Waals surface area contributed by atoms with E-state index in [0.717, 1.165) is 37.5 Å². The number of oxazole rings is 1. The standard InChI is InChI=1S/C11H20N2O2/c1-9(12-2)7-10-8-13-11(15-10)5-4-6-14-3/h8-9,12H,4-7H2,1-3H3. The normalized spacial score (nSPS) is 13.0. The van der Waals surface area contributed by atoms with E-state index in [4.69, 9.17) is 9.15 Å². The number of rotatable bonds is 7. The second-order valence-corrected chi connectivity index (χ2v) is 3.71. The highest BCUT2D eigenvalue weighted by atomic mass is 16.5. The van der Waals surface area contributed by atoms with Crippen LogP contribution in [0.15, 0.2) is 10.6 Å². The molecule has 1 rings (SSSR count). The van der Waals surface area contributed by atoms with Crippen LogP contribution in [0.5, 0.6) is 0 Å². The first-order valence-electron chi connectivity index (χ1n) is 5.36. The van der Waals surface area contributed by atoms with Crippen molar-refractivity contribution in [1.29, 1.82) is 0 Å². The van der Waals surface area contributed by atoms with Crippen LogP contribution in [0.25, 0.3) is 0 Å². The first-order chi connectivity index (χ1) is 7.26. The molecule has 0 saturated carbocycles. The van der Waals surface area contributed by atoms with Gasteiger partial charge in [-0.05, 0) is 20.4 Å². The first kappa shape index (κ1) is 12.2. The fourth-order valence-corrected chi connectivity index (χ4v) is 1.33. The smallest absolute Gasteiger partial charge is 0.194 e. The molecule has 0 saturated heterocycles. The Morgan fingerprint density at radius 3 is 3.07 bits per heavy atom. The van der Waals surface area contributed by atoms with Gasteiger partial charge in [0.15, 0.2) is 5.89 Å². The molecule has 0 fully saturated rings. The number of hydrogen-bond donors (Lipinski definition) is 1. The number of nitrogens with zero attached hydrogens (tertiary/aromatic N) is 1. The molecular weight excluding hydrogens is 192 g/mol. The SMILES string of the molecule is CNC(C)Cc1cnc(CCCOC)o1. The van der Waals surface area contributed by atoms with Crippen molar-refractivity contribution in [2.75, 3.05) is 20.8 Å². The number of methoxy groups -OCH3 is 1. The van der Waals surface area contributed by atoms with Crippen molar-refractivity contribution in [3.05, 3.63) is 17.8 Å². The van der Waals surface area contributed by atoms with E-state index in [9.17, 15) is 0 Å². The van der Waals surface area contributed by atoms with Gasteiger partial charge in [-0.1, -0.05) is 0 Å². The van der Waals surface area contributed by atoms with Crippen LogP contribution in [0.4, 0.5) is 0 Å². The topological polar surface area (TPSA) is 47.3 Å². The highest BCUT2D eigenvalue weighted by Crippen LogP contribution is 2.08. The van der Waals surface area contributed by atoms with Crippen LogP contribution in [0.2, 0.25) is 0 Å². The lowest BCUT2D eigenvalue weighted by Crippen LogP contribution is -2.23. The molecule has 0 bridgehead atoms. The maximum atomic E-state index is 5.60. The fraction of sp³-hybridized carbons (Fsp3) is 0.727. The molecule has 0 aliphatic carbocycles. The summed E-state index contributed by atoms with van der Waals surface area (Å²) in [6, 6.07) is 0.421. The molecule has 0 amide bonds. The summed E-state index contributed by atoms with van der Waals surface area (Å²) >= 11 is 0. The summed E-state index contributed by atoms with van der Waals surface area (Å²) in [6.45, 7) is 2.87. The van der Waals surface area contributed by atoms with Crippen LogP contribution >= 0.6 is 0 Å². The van der Waals surface area contributed by atoms with E-state index in [2.05, 4.69) is 17.2 Å². The van der Waals surface area contributed by atoms with E-state index >= 15 is 0 Å². The highest BCUT2D eigenvalue weighted by Gasteiger charge is 2.06. The summed E-state index contributed by atoms with van der Waals surface area (Å²) in [6.07, 6.45) is 4.50. The van der Waals surface area contributed by atoms with Gasteiger partial charge in [-0.2, -0.15) is 0 Å². The average Bonchev–Trinajstić information content (AvgIpc) is 2.66. The molecule has 4 heteroatoms. The van der Waals surface area contributed by atoms with Gasteiger partial charge in [-0.3, -0.25) is 0 Å². The molecule has 15 heavy (non-hydrogen) atoms. The Labute approximate surface area is 91.0 Å². The summed E-state index contributed by atoms with van der Waals surface area (Å²) in [4.78, 5) is 4.23. The van der Waals surface area contributed by atoms with Crippen molar-refractivity contribution >= 4 is 0 Å². The molecule has 4 nitrogen and oxygen atoms in total. The Balaban J connectivity index is 2.35. The third-order valence-corrected chi connectivity index (χ3v) is 2.34. The van der Waals surface area contributed by atoms with Crippen LogP contribution in [0.1, 0.15) is 25.0 Å². The van der Waals surface area contributed by atoms with E-state index in [1.54, 1.807) is 7.11 Å². The van der Waals surface area contributed by atoms with Crippen LogP contribution < -0.4 is 5.32 Å². The zero-order chi connectivity index (χ0) is 11.1. The molecule has 1 aromatic heterocycles. The molecule has 1 N–H and O–H groups in total. The van der Waals surface area contributed by atoms with E-state index in [1.807, 2.05) is 13.2 Å². The van der Waals surface area contributed by atoms with Gasteiger partial charge < -0.3 is 14.5 Å². The maximum absolute atomic E-state index is 5.60. The van der Waals surface area contributed by atoms with Gasteiger partial charge in [0.05, 0.1) is 6.20 Å². The zero-order valence-electron chi connectivity index (χ0n) is 9.75. The predicted octanol–water partition coefficient (Wildman–Crippen LogP) is 1.40. The van der Waals surface area contributed by atoms with Gasteiger partial charge in [0, 0.05) is 32.6 Å². The molecule has 1 heterocycles. The summed E-state index contributed by atoms with van der Waals surface area (Å²) in [5.41, 5.74) is 0. The number of aryl methyl sites for hydroxylation is 1. The molecule has 0 radical (unpaired) electrons. The Kier molecular flexibility index (Phi) is 5.36. The highest BCUT2D eigenvalue weighted by molar-refractivity contribution is 4.96. The monoisotopic (exact) mass is 212 g/mol. The second kappa shape index (κ2) is 6.58. The number of aromatic nitrogens is 1. The van der Waals surface area contributed by atoms with Crippen LogP contribution in [0, 0.1) is 0 Å². The maximum Gasteiger partial charge on any atom is 0.194 e. The Morgan fingerprint density at radius 2 is 2.40 bits per heavy atom. The molecule has 1 unspecified atom stereocenters. The molecular formula is C11H20N2O2. The molecule has 0 aliphatic heterocycles. The Bertz CT molecular complexity index is 273. The van der Waals surface area contributed by atoms with Crippen molar-refractivity contribution in [2.24, 2.45) is 0 Å². The summed E-state index contributed by atoms with van der Waals surface area (Å²) < 4.78 is 10.6. The van der Waals surface area contributed by atoms with Gasteiger partial charge in [-0.25, -0.2) is 4.98 Å². The van der Waals surface area contributed by atoms with Crippen molar-refractivity contribution in [3.8, 4) is 0 Å². The minimum atomic E-state index is 0.421. The third-order valence-electron chi connectivity index (χ3n) is 2.34. The summed E-state index contributed by atoms with van der Waals surface area (Å²) in [7, 11) is 3.65. The summed E-state index contributed by atoms with van der Waals surface area (Å²) in [5.74, 6) is 1.76. The number of ether oxygens (including phenoxy) is 1. The number of likely N-dealkylation sites (N-methyl/N-ethyl adjacent to an activating group) is 1. The lowest BCUT2D eigenvalue weighted by molar-refractivity contribution is 0.192. The Hall–Kier alpha value is -0.870. The van der Waals surface area contributed by atoms with Crippen molar-refractivity contribution in [2.45, 2.75) is 32.2 Å². The van der Waals surface area contributed by atoms with E-state index < -0.39 is 0 Å². The predicted molar refractivity (Wildman–Crippen MR) is 58.9 cm³/mol.